The van der Waals surface area contributed by atoms with Crippen LogP contribution in [0.15, 0.2) is 12.5 Å². The highest BCUT2D eigenvalue weighted by atomic mass is 16.4. The monoisotopic (exact) mass is 340 g/mol. The third-order valence-corrected chi connectivity index (χ3v) is 2.88. The van der Waals surface area contributed by atoms with Gasteiger partial charge < -0.3 is 31.8 Å². The van der Waals surface area contributed by atoms with Crippen molar-refractivity contribution >= 4 is 23.7 Å². The number of amides is 3. The molecule has 3 amide bonds. The molecule has 11 heteroatoms. The topological polar surface area (TPSA) is 179 Å². The molecule has 132 valence electrons. The van der Waals surface area contributed by atoms with Crippen LogP contribution in [-0.4, -0.2) is 63.9 Å². The van der Waals surface area contributed by atoms with Crippen molar-refractivity contribution < 1.29 is 24.3 Å². The van der Waals surface area contributed by atoms with Crippen LogP contribution in [0, 0.1) is 0 Å². The number of hydrogen-bond donors (Lipinski definition) is 6. The number of nitrogens with zero attached hydrogens (tertiary/aromatic N) is 1. The molecule has 0 saturated heterocycles. The number of aromatic amines is 1. The highest BCUT2D eigenvalue weighted by molar-refractivity contribution is 5.91. The van der Waals surface area contributed by atoms with E-state index in [-0.39, 0.29) is 13.0 Å². The van der Waals surface area contributed by atoms with Crippen molar-refractivity contribution in [2.24, 2.45) is 5.73 Å². The van der Waals surface area contributed by atoms with Gasteiger partial charge in [-0.25, -0.2) is 4.98 Å². The second-order valence-electron chi connectivity index (χ2n) is 5.02. The quantitative estimate of drug-likeness (QED) is 0.279. The summed E-state index contributed by atoms with van der Waals surface area (Å²) in [5, 5.41) is 15.5. The molecule has 1 heterocycles. The average Bonchev–Trinajstić information content (AvgIpc) is 3.02. The van der Waals surface area contributed by atoms with Crippen LogP contribution in [0.25, 0.3) is 0 Å². The number of imidazole rings is 1. The maximum Gasteiger partial charge on any atom is 0.322 e. The molecule has 1 aromatic heterocycles. The fourth-order valence-electron chi connectivity index (χ4n) is 1.69. The van der Waals surface area contributed by atoms with Crippen LogP contribution in [0.5, 0.6) is 0 Å². The highest BCUT2D eigenvalue weighted by Crippen LogP contribution is 1.99. The molecule has 0 saturated carbocycles. The number of carbonyl (C=O) groups is 4. The Morgan fingerprint density at radius 2 is 1.92 bits per heavy atom. The van der Waals surface area contributed by atoms with Gasteiger partial charge in [0.2, 0.25) is 17.7 Å². The molecule has 0 radical (unpaired) electrons. The lowest BCUT2D eigenvalue weighted by Gasteiger charge is -2.18. The second kappa shape index (κ2) is 9.25. The van der Waals surface area contributed by atoms with Gasteiger partial charge in [-0.3, -0.25) is 19.2 Å². The lowest BCUT2D eigenvalue weighted by molar-refractivity contribution is -0.138. The highest BCUT2D eigenvalue weighted by Gasteiger charge is 2.22. The van der Waals surface area contributed by atoms with Gasteiger partial charge in [0.05, 0.1) is 18.9 Å². The maximum absolute atomic E-state index is 12.0. The molecule has 11 nitrogen and oxygen atoms in total. The summed E-state index contributed by atoms with van der Waals surface area (Å²) in [6.45, 7) is 0.537. The van der Waals surface area contributed by atoms with E-state index in [0.717, 1.165) is 0 Å². The Balaban J connectivity index is 2.63. The summed E-state index contributed by atoms with van der Waals surface area (Å²) in [5.41, 5.74) is 5.93. The average molecular weight is 340 g/mol. The third-order valence-electron chi connectivity index (χ3n) is 2.88. The van der Waals surface area contributed by atoms with Gasteiger partial charge in [0, 0.05) is 18.3 Å². The number of hydrogen-bond acceptors (Lipinski definition) is 6. The zero-order valence-electron chi connectivity index (χ0n) is 13.0. The Hall–Kier alpha value is -2.95. The van der Waals surface area contributed by atoms with Gasteiger partial charge >= 0.3 is 5.97 Å². The number of H-pyrrole nitrogens is 1. The van der Waals surface area contributed by atoms with Gasteiger partial charge in [-0.05, 0) is 6.92 Å². The van der Waals surface area contributed by atoms with E-state index in [1.165, 1.54) is 19.4 Å². The zero-order chi connectivity index (χ0) is 18.1. The van der Waals surface area contributed by atoms with Crippen LogP contribution in [0.1, 0.15) is 12.6 Å². The summed E-state index contributed by atoms with van der Waals surface area (Å²) < 4.78 is 0. The van der Waals surface area contributed by atoms with Gasteiger partial charge in [0.25, 0.3) is 0 Å². The van der Waals surface area contributed by atoms with E-state index in [4.69, 9.17) is 10.8 Å². The standard InChI is InChI=1S/C13H20N6O5/c1-7(14)12(23)16-4-10(20)19-9(2-8-3-15-6-18-8)13(24)17-5-11(21)22/h3,6-7,9H,2,4-5,14H2,1H3,(H,15,18)(H,16,23)(H,17,24)(H,19,20)(H,21,22). The number of rotatable bonds is 9. The molecule has 2 unspecified atom stereocenters. The minimum atomic E-state index is -1.21. The van der Waals surface area contributed by atoms with E-state index in [1.807, 2.05) is 0 Å². The Kier molecular flexibility index (Phi) is 7.36. The minimum Gasteiger partial charge on any atom is -0.480 e. The first-order valence-corrected chi connectivity index (χ1v) is 7.09. The predicted molar refractivity (Wildman–Crippen MR) is 81.5 cm³/mol. The van der Waals surface area contributed by atoms with Crippen LogP contribution in [-0.2, 0) is 25.6 Å². The molecule has 1 rings (SSSR count). The van der Waals surface area contributed by atoms with Crippen LogP contribution in [0.3, 0.4) is 0 Å². The number of carbonyl (C=O) groups excluding carboxylic acids is 3. The molecule has 0 aliphatic heterocycles. The van der Waals surface area contributed by atoms with Crippen molar-refractivity contribution in [3.8, 4) is 0 Å². The number of carboxylic acids is 1. The van der Waals surface area contributed by atoms with E-state index in [9.17, 15) is 19.2 Å². The molecule has 0 aromatic carbocycles. The fraction of sp³-hybridized carbons (Fsp3) is 0.462. The van der Waals surface area contributed by atoms with Crippen molar-refractivity contribution in [1.82, 2.24) is 25.9 Å². The molecule has 2 atom stereocenters. The van der Waals surface area contributed by atoms with Gasteiger partial charge in [0.1, 0.15) is 12.6 Å². The molecule has 7 N–H and O–H groups in total. The van der Waals surface area contributed by atoms with Crippen molar-refractivity contribution in [1.29, 1.82) is 0 Å². The molecular weight excluding hydrogens is 320 g/mol. The number of aromatic nitrogens is 2. The third kappa shape index (κ3) is 6.87. The normalized spacial score (nSPS) is 12.8. The number of carboxylic acid groups (broad SMARTS) is 1. The van der Waals surface area contributed by atoms with Gasteiger partial charge in [0.15, 0.2) is 0 Å². The fourth-order valence-corrected chi connectivity index (χ4v) is 1.69. The Bertz CT molecular complexity index is 586. The van der Waals surface area contributed by atoms with E-state index in [1.54, 1.807) is 0 Å². The molecule has 0 aliphatic carbocycles. The van der Waals surface area contributed by atoms with Crippen LogP contribution < -0.4 is 21.7 Å². The summed E-state index contributed by atoms with van der Waals surface area (Å²) in [7, 11) is 0. The summed E-state index contributed by atoms with van der Waals surface area (Å²) in [6.07, 6.45) is 2.96. The molecular formula is C13H20N6O5. The SMILES string of the molecule is CC(N)C(=O)NCC(=O)NC(Cc1cnc[nH]1)C(=O)NCC(=O)O. The number of nitrogens with two attached hydrogens (primary N) is 1. The van der Waals surface area contributed by atoms with Gasteiger partial charge in [-0.1, -0.05) is 0 Å². The van der Waals surface area contributed by atoms with Crippen LogP contribution in [0.2, 0.25) is 0 Å². The summed E-state index contributed by atoms with van der Waals surface area (Å²) in [5.74, 6) is -3.00. The van der Waals surface area contributed by atoms with Gasteiger partial charge in [-0.2, -0.15) is 0 Å². The smallest absolute Gasteiger partial charge is 0.322 e. The summed E-state index contributed by atoms with van der Waals surface area (Å²) in [4.78, 5) is 52.3. The van der Waals surface area contributed by atoms with Crippen molar-refractivity contribution in [3.05, 3.63) is 18.2 Å². The molecule has 0 bridgehead atoms. The largest absolute Gasteiger partial charge is 0.480 e. The van der Waals surface area contributed by atoms with E-state index in [0.29, 0.717) is 5.69 Å². The van der Waals surface area contributed by atoms with Crippen molar-refractivity contribution in [2.75, 3.05) is 13.1 Å². The van der Waals surface area contributed by atoms with E-state index < -0.39 is 42.3 Å². The molecule has 0 aliphatic rings. The first-order valence-electron chi connectivity index (χ1n) is 7.09. The Labute approximate surface area is 137 Å². The molecule has 0 fully saturated rings. The van der Waals surface area contributed by atoms with Crippen LogP contribution in [0.4, 0.5) is 0 Å². The molecule has 24 heavy (non-hydrogen) atoms. The van der Waals surface area contributed by atoms with Crippen molar-refractivity contribution in [3.63, 3.8) is 0 Å². The Morgan fingerprint density at radius 3 is 2.46 bits per heavy atom. The first-order chi connectivity index (χ1) is 11.3. The predicted octanol–water partition coefficient (Wildman–Crippen LogP) is -2.90. The second-order valence-corrected chi connectivity index (χ2v) is 5.02. The van der Waals surface area contributed by atoms with Crippen LogP contribution >= 0.6 is 0 Å². The summed E-state index contributed by atoms with van der Waals surface area (Å²) >= 11 is 0. The minimum absolute atomic E-state index is 0.0818. The Morgan fingerprint density at radius 1 is 1.25 bits per heavy atom. The number of nitrogens with one attached hydrogen (secondary N) is 4. The number of aliphatic carboxylic acids is 1. The maximum atomic E-state index is 12.0. The summed E-state index contributed by atoms with van der Waals surface area (Å²) in [6, 6.07) is -1.79. The van der Waals surface area contributed by atoms with E-state index >= 15 is 0 Å². The lowest BCUT2D eigenvalue weighted by Crippen LogP contribution is -2.52. The molecule has 0 spiro atoms. The molecule has 1 aromatic rings. The van der Waals surface area contributed by atoms with Gasteiger partial charge in [-0.15, -0.1) is 0 Å². The van der Waals surface area contributed by atoms with Crippen molar-refractivity contribution in [2.45, 2.75) is 25.4 Å². The first kappa shape index (κ1) is 19.1. The lowest BCUT2D eigenvalue weighted by atomic mass is 10.1. The zero-order valence-corrected chi connectivity index (χ0v) is 13.0. The van der Waals surface area contributed by atoms with E-state index in [2.05, 4.69) is 25.9 Å².